The van der Waals surface area contributed by atoms with E-state index in [2.05, 4.69) is 5.32 Å². The maximum absolute atomic E-state index is 13.1. The fraction of sp³-hybridized carbons (Fsp3) is 0.318. The van der Waals surface area contributed by atoms with E-state index in [-0.39, 0.29) is 5.91 Å². The molecule has 0 unspecified atom stereocenters. The van der Waals surface area contributed by atoms with Gasteiger partial charge in [0.25, 0.3) is 5.91 Å². The number of carbonyl (C=O) groups is 3. The van der Waals surface area contributed by atoms with Gasteiger partial charge < -0.3 is 15.0 Å². The number of carbonyl (C=O) groups excluding carboxylic acids is 3. The molecule has 2 aromatic rings. The quantitative estimate of drug-likeness (QED) is 0.761. The Morgan fingerprint density at radius 2 is 1.76 bits per heavy atom. The summed E-state index contributed by atoms with van der Waals surface area (Å²) in [5, 5.41) is 3.16. The SMILES string of the molecule is CC(=O)N1CCC(C(=O)OCC(=O)Nc2cccc(Cl)c2)(c2ccccc2)CC1. The summed E-state index contributed by atoms with van der Waals surface area (Å²) in [6.45, 7) is 2.06. The Morgan fingerprint density at radius 3 is 2.38 bits per heavy atom. The lowest BCUT2D eigenvalue weighted by atomic mass is 9.72. The lowest BCUT2D eigenvalue weighted by Gasteiger charge is -2.40. The van der Waals surface area contributed by atoms with Crippen molar-refractivity contribution in [1.29, 1.82) is 0 Å². The highest BCUT2D eigenvalue weighted by molar-refractivity contribution is 6.30. The zero-order chi connectivity index (χ0) is 20.9. The largest absolute Gasteiger partial charge is 0.455 e. The van der Waals surface area contributed by atoms with Crippen LogP contribution in [0.2, 0.25) is 5.02 Å². The maximum atomic E-state index is 13.1. The summed E-state index contributed by atoms with van der Waals surface area (Å²) in [5.41, 5.74) is 0.498. The van der Waals surface area contributed by atoms with Crippen molar-refractivity contribution in [2.45, 2.75) is 25.2 Å². The lowest BCUT2D eigenvalue weighted by Crippen LogP contribution is -2.49. The van der Waals surface area contributed by atoms with Crippen molar-refractivity contribution in [2.75, 3.05) is 25.0 Å². The standard InChI is InChI=1S/C22H23ClN2O4/c1-16(26)25-12-10-22(11-13-25,17-6-3-2-4-7-17)21(28)29-15-20(27)24-19-9-5-8-18(23)14-19/h2-9,14H,10-13,15H2,1H3,(H,24,27). The van der Waals surface area contributed by atoms with Crippen LogP contribution in [-0.2, 0) is 24.5 Å². The van der Waals surface area contributed by atoms with Gasteiger partial charge in [0.15, 0.2) is 6.61 Å². The number of nitrogens with one attached hydrogen (secondary N) is 1. The monoisotopic (exact) mass is 414 g/mol. The number of rotatable bonds is 5. The summed E-state index contributed by atoms with van der Waals surface area (Å²) < 4.78 is 5.41. The van der Waals surface area contributed by atoms with Crippen LogP contribution in [-0.4, -0.2) is 42.4 Å². The highest BCUT2D eigenvalue weighted by Crippen LogP contribution is 2.37. The molecule has 1 aliphatic rings. The molecular weight excluding hydrogens is 392 g/mol. The van der Waals surface area contributed by atoms with Gasteiger partial charge in [0.2, 0.25) is 5.91 Å². The van der Waals surface area contributed by atoms with E-state index >= 15 is 0 Å². The summed E-state index contributed by atoms with van der Waals surface area (Å²) in [4.78, 5) is 38.7. The number of anilines is 1. The van der Waals surface area contributed by atoms with E-state index in [1.54, 1.807) is 29.2 Å². The molecule has 0 bridgehead atoms. The third kappa shape index (κ3) is 4.95. The van der Waals surface area contributed by atoms with Gasteiger partial charge in [-0.1, -0.05) is 48.0 Å². The number of benzene rings is 2. The molecule has 7 heteroatoms. The van der Waals surface area contributed by atoms with E-state index in [1.807, 2.05) is 30.3 Å². The Labute approximate surface area is 174 Å². The van der Waals surface area contributed by atoms with Gasteiger partial charge in [-0.25, -0.2) is 0 Å². The molecule has 3 rings (SSSR count). The number of likely N-dealkylation sites (tertiary alicyclic amines) is 1. The van der Waals surface area contributed by atoms with Crippen LogP contribution < -0.4 is 5.32 Å². The van der Waals surface area contributed by atoms with Crippen molar-refractivity contribution < 1.29 is 19.1 Å². The molecule has 1 aliphatic heterocycles. The minimum Gasteiger partial charge on any atom is -0.455 e. The first kappa shape index (κ1) is 20.9. The zero-order valence-electron chi connectivity index (χ0n) is 16.2. The molecule has 1 fully saturated rings. The Bertz CT molecular complexity index is 893. The molecule has 1 heterocycles. The van der Waals surface area contributed by atoms with E-state index in [0.29, 0.717) is 36.6 Å². The van der Waals surface area contributed by atoms with Crippen molar-refractivity contribution in [1.82, 2.24) is 4.90 Å². The maximum Gasteiger partial charge on any atom is 0.317 e. The van der Waals surface area contributed by atoms with Crippen molar-refractivity contribution in [3.63, 3.8) is 0 Å². The second kappa shape index (κ2) is 9.09. The fourth-order valence-corrected chi connectivity index (χ4v) is 3.79. The molecule has 2 amide bonds. The molecule has 152 valence electrons. The van der Waals surface area contributed by atoms with Gasteiger partial charge in [-0.05, 0) is 36.6 Å². The molecule has 0 aliphatic carbocycles. The third-order valence-corrected chi connectivity index (χ3v) is 5.46. The van der Waals surface area contributed by atoms with E-state index in [4.69, 9.17) is 16.3 Å². The molecule has 6 nitrogen and oxygen atoms in total. The molecule has 0 aromatic heterocycles. The van der Waals surface area contributed by atoms with E-state index in [9.17, 15) is 14.4 Å². The van der Waals surface area contributed by atoms with Crippen molar-refractivity contribution in [3.05, 3.63) is 65.2 Å². The predicted molar refractivity (Wildman–Crippen MR) is 111 cm³/mol. The van der Waals surface area contributed by atoms with E-state index in [1.165, 1.54) is 6.92 Å². The normalized spacial score (nSPS) is 15.4. The van der Waals surface area contributed by atoms with Gasteiger partial charge in [0.1, 0.15) is 0 Å². The topological polar surface area (TPSA) is 75.7 Å². The minimum atomic E-state index is -0.871. The van der Waals surface area contributed by atoms with Crippen molar-refractivity contribution >= 4 is 35.1 Å². The smallest absolute Gasteiger partial charge is 0.317 e. The second-order valence-electron chi connectivity index (χ2n) is 7.09. The van der Waals surface area contributed by atoms with Gasteiger partial charge >= 0.3 is 5.97 Å². The number of hydrogen-bond donors (Lipinski definition) is 1. The molecule has 29 heavy (non-hydrogen) atoms. The molecular formula is C22H23ClN2O4. The third-order valence-electron chi connectivity index (χ3n) is 5.22. The average Bonchev–Trinajstić information content (AvgIpc) is 2.72. The first-order valence-electron chi connectivity index (χ1n) is 9.44. The van der Waals surface area contributed by atoms with Gasteiger partial charge in [-0.2, -0.15) is 0 Å². The molecule has 1 N–H and O–H groups in total. The second-order valence-corrected chi connectivity index (χ2v) is 7.53. The minimum absolute atomic E-state index is 0.0130. The highest BCUT2D eigenvalue weighted by atomic mass is 35.5. The number of halogens is 1. The molecule has 0 spiro atoms. The number of esters is 1. The summed E-state index contributed by atoms with van der Waals surface area (Å²) >= 11 is 5.91. The van der Waals surface area contributed by atoms with Gasteiger partial charge in [-0.3, -0.25) is 14.4 Å². The molecule has 0 radical (unpaired) electrons. The van der Waals surface area contributed by atoms with Crippen LogP contribution in [0.4, 0.5) is 5.69 Å². The molecule has 1 saturated heterocycles. The van der Waals surface area contributed by atoms with Crippen LogP contribution in [0.3, 0.4) is 0 Å². The summed E-state index contributed by atoms with van der Waals surface area (Å²) in [7, 11) is 0. The van der Waals surface area contributed by atoms with E-state index in [0.717, 1.165) is 5.56 Å². The van der Waals surface area contributed by atoms with Gasteiger partial charge in [0.05, 0.1) is 5.41 Å². The molecule has 2 aromatic carbocycles. The van der Waals surface area contributed by atoms with Crippen molar-refractivity contribution in [3.8, 4) is 0 Å². The summed E-state index contributed by atoms with van der Waals surface area (Å²) in [6, 6.07) is 16.1. The Morgan fingerprint density at radius 1 is 1.07 bits per heavy atom. The Balaban J connectivity index is 1.69. The molecule has 0 atom stereocenters. The van der Waals surface area contributed by atoms with E-state index < -0.39 is 23.9 Å². The fourth-order valence-electron chi connectivity index (χ4n) is 3.60. The lowest BCUT2D eigenvalue weighted by molar-refractivity contribution is -0.156. The predicted octanol–water partition coefficient (Wildman–Crippen LogP) is 3.40. The summed E-state index contributed by atoms with van der Waals surface area (Å²) in [6.07, 6.45) is 0.899. The Kier molecular flexibility index (Phi) is 6.54. The van der Waals surface area contributed by atoms with Crippen LogP contribution in [0.15, 0.2) is 54.6 Å². The highest BCUT2D eigenvalue weighted by Gasteiger charge is 2.44. The van der Waals surface area contributed by atoms with Crippen LogP contribution in [0.1, 0.15) is 25.3 Å². The Hall–Kier alpha value is -2.86. The molecule has 0 saturated carbocycles. The van der Waals surface area contributed by atoms with Crippen LogP contribution in [0.25, 0.3) is 0 Å². The number of nitrogens with zero attached hydrogens (tertiary/aromatic N) is 1. The van der Waals surface area contributed by atoms with Crippen LogP contribution in [0, 0.1) is 0 Å². The summed E-state index contributed by atoms with van der Waals surface area (Å²) in [5.74, 6) is -0.904. The number of hydrogen-bond acceptors (Lipinski definition) is 4. The zero-order valence-corrected chi connectivity index (χ0v) is 16.9. The van der Waals surface area contributed by atoms with Gasteiger partial charge in [-0.15, -0.1) is 0 Å². The number of piperidine rings is 1. The van der Waals surface area contributed by atoms with Gasteiger partial charge in [0, 0.05) is 30.7 Å². The van der Waals surface area contributed by atoms with Crippen molar-refractivity contribution in [2.24, 2.45) is 0 Å². The number of ether oxygens (including phenoxy) is 1. The average molecular weight is 415 g/mol. The number of amides is 2. The first-order chi connectivity index (χ1) is 13.9. The first-order valence-corrected chi connectivity index (χ1v) is 9.82. The van der Waals surface area contributed by atoms with Crippen LogP contribution >= 0.6 is 11.6 Å². The van der Waals surface area contributed by atoms with Crippen LogP contribution in [0.5, 0.6) is 0 Å².